The highest BCUT2D eigenvalue weighted by atomic mass is 32.2. The molecule has 1 aromatic heterocycles. The summed E-state index contributed by atoms with van der Waals surface area (Å²) < 4.78 is 25.0. The van der Waals surface area contributed by atoms with Crippen molar-refractivity contribution in [1.29, 1.82) is 5.26 Å². The standard InChI is InChI=1S/C16H20N4O2S2/c1-5-16(2,3)20-15(14(9-17)24(4,21)22)19-11-6-7-12-13(8-11)23-10-18-12/h6-8,10,14H,5H2,1-4H3,(H,19,20). The van der Waals surface area contributed by atoms with Crippen molar-refractivity contribution in [3.8, 4) is 6.07 Å². The van der Waals surface area contributed by atoms with Crippen LogP contribution in [0.2, 0.25) is 0 Å². The molecule has 1 heterocycles. The number of hydrogen-bond acceptors (Lipinski definition) is 6. The van der Waals surface area contributed by atoms with Crippen LogP contribution in [0.1, 0.15) is 27.2 Å². The number of rotatable bonds is 5. The Morgan fingerprint density at radius 1 is 1.50 bits per heavy atom. The fourth-order valence-electron chi connectivity index (χ4n) is 2.00. The number of amidine groups is 1. The lowest BCUT2D eigenvalue weighted by Gasteiger charge is -2.22. The minimum Gasteiger partial charge on any atom is -0.342 e. The molecule has 128 valence electrons. The van der Waals surface area contributed by atoms with Gasteiger partial charge in [-0.15, -0.1) is 11.3 Å². The van der Waals surface area contributed by atoms with Crippen LogP contribution < -0.4 is 5.32 Å². The maximum absolute atomic E-state index is 12.0. The van der Waals surface area contributed by atoms with E-state index < -0.39 is 20.6 Å². The van der Waals surface area contributed by atoms with E-state index in [2.05, 4.69) is 15.3 Å². The largest absolute Gasteiger partial charge is 0.342 e. The minimum absolute atomic E-state index is 0.149. The molecule has 0 aliphatic heterocycles. The van der Waals surface area contributed by atoms with Crippen LogP contribution in [0.3, 0.4) is 0 Å². The van der Waals surface area contributed by atoms with Gasteiger partial charge in [-0.2, -0.15) is 5.26 Å². The second-order valence-electron chi connectivity index (χ2n) is 6.16. The maximum Gasteiger partial charge on any atom is 0.204 e. The lowest BCUT2D eigenvalue weighted by atomic mass is 10.0. The van der Waals surface area contributed by atoms with E-state index in [9.17, 15) is 13.7 Å². The number of thiazole rings is 1. The molecule has 8 heteroatoms. The van der Waals surface area contributed by atoms with Gasteiger partial charge in [0.15, 0.2) is 9.84 Å². The molecule has 0 spiro atoms. The molecule has 2 rings (SSSR count). The molecular weight excluding hydrogens is 344 g/mol. The normalized spacial score (nSPS) is 14.4. The number of nitrogens with one attached hydrogen (secondary N) is 1. The Morgan fingerprint density at radius 2 is 2.21 bits per heavy atom. The van der Waals surface area contributed by atoms with Crippen molar-refractivity contribution < 1.29 is 8.42 Å². The van der Waals surface area contributed by atoms with Crippen molar-refractivity contribution in [2.45, 2.75) is 38.0 Å². The Morgan fingerprint density at radius 3 is 2.79 bits per heavy atom. The van der Waals surface area contributed by atoms with Crippen LogP contribution >= 0.6 is 11.3 Å². The van der Waals surface area contributed by atoms with Gasteiger partial charge in [-0.3, -0.25) is 4.99 Å². The topological polar surface area (TPSA) is 95.2 Å². The van der Waals surface area contributed by atoms with Crippen LogP contribution in [0.5, 0.6) is 0 Å². The molecule has 1 unspecified atom stereocenters. The third-order valence-corrected chi connectivity index (χ3v) is 5.66. The van der Waals surface area contributed by atoms with Gasteiger partial charge in [0, 0.05) is 11.9 Å². The Labute approximate surface area is 146 Å². The second-order valence-corrected chi connectivity index (χ2v) is 9.18. The van der Waals surface area contributed by atoms with Gasteiger partial charge >= 0.3 is 0 Å². The van der Waals surface area contributed by atoms with E-state index in [1.54, 1.807) is 11.6 Å². The molecule has 2 aromatic rings. The zero-order valence-corrected chi connectivity index (χ0v) is 15.7. The lowest BCUT2D eigenvalue weighted by molar-refractivity contribution is 0.504. The summed E-state index contributed by atoms with van der Waals surface area (Å²) in [6.07, 6.45) is 1.76. The van der Waals surface area contributed by atoms with Crippen LogP contribution in [0.15, 0.2) is 28.7 Å². The Bertz CT molecular complexity index is 908. The molecule has 0 amide bonds. The van der Waals surface area contributed by atoms with Crippen LogP contribution in [0.4, 0.5) is 5.69 Å². The molecule has 0 aliphatic carbocycles. The SMILES string of the molecule is CCC(C)(C)N=C(Nc1ccc2ncsc2c1)C(C#N)S(C)(=O)=O. The van der Waals surface area contributed by atoms with Crippen molar-refractivity contribution >= 4 is 42.9 Å². The number of fused-ring (bicyclic) bond motifs is 1. The molecule has 1 atom stereocenters. The summed E-state index contributed by atoms with van der Waals surface area (Å²) in [7, 11) is -3.61. The number of benzene rings is 1. The Balaban J connectivity index is 2.47. The highest BCUT2D eigenvalue weighted by molar-refractivity contribution is 7.92. The first-order chi connectivity index (χ1) is 11.2. The monoisotopic (exact) mass is 364 g/mol. The summed E-state index contributed by atoms with van der Waals surface area (Å²) in [5, 5.41) is 11.1. The first-order valence-corrected chi connectivity index (χ1v) is 10.3. The zero-order chi connectivity index (χ0) is 18.0. The summed E-state index contributed by atoms with van der Waals surface area (Å²) in [6.45, 7) is 5.77. The summed E-state index contributed by atoms with van der Waals surface area (Å²) in [5.41, 5.74) is 2.83. The van der Waals surface area contributed by atoms with Gasteiger partial charge in [-0.25, -0.2) is 13.4 Å². The van der Waals surface area contributed by atoms with Crippen molar-refractivity contribution in [1.82, 2.24) is 4.98 Å². The van der Waals surface area contributed by atoms with E-state index >= 15 is 0 Å². The third-order valence-electron chi connectivity index (χ3n) is 3.69. The van der Waals surface area contributed by atoms with Crippen molar-refractivity contribution in [3.05, 3.63) is 23.7 Å². The number of nitriles is 1. The van der Waals surface area contributed by atoms with E-state index in [-0.39, 0.29) is 5.84 Å². The quantitative estimate of drug-likeness (QED) is 0.649. The van der Waals surface area contributed by atoms with Crippen molar-refractivity contribution in [2.24, 2.45) is 4.99 Å². The molecule has 6 nitrogen and oxygen atoms in total. The number of sulfone groups is 1. The summed E-state index contributed by atoms with van der Waals surface area (Å²) in [5.74, 6) is 0.149. The number of anilines is 1. The molecular formula is C16H20N4O2S2. The van der Waals surface area contributed by atoms with Crippen molar-refractivity contribution in [3.63, 3.8) is 0 Å². The first-order valence-electron chi connectivity index (χ1n) is 7.45. The van der Waals surface area contributed by atoms with E-state index in [4.69, 9.17) is 0 Å². The first kappa shape index (κ1) is 18.4. The van der Waals surface area contributed by atoms with Gasteiger partial charge in [-0.05, 0) is 38.5 Å². The predicted octanol–water partition coefficient (Wildman–Crippen LogP) is 3.23. The molecule has 1 aromatic carbocycles. The molecule has 0 radical (unpaired) electrons. The van der Waals surface area contributed by atoms with Crippen LogP contribution in [-0.2, 0) is 9.84 Å². The molecule has 0 bridgehead atoms. The average Bonchev–Trinajstić information content (AvgIpc) is 2.93. The smallest absolute Gasteiger partial charge is 0.204 e. The van der Waals surface area contributed by atoms with Gasteiger partial charge in [0.2, 0.25) is 5.25 Å². The Kier molecular flexibility index (Phi) is 5.26. The zero-order valence-electron chi connectivity index (χ0n) is 14.1. The van der Waals surface area contributed by atoms with Crippen LogP contribution in [0.25, 0.3) is 10.2 Å². The molecule has 0 fully saturated rings. The fourth-order valence-corrected chi connectivity index (χ4v) is 3.42. The summed E-state index contributed by atoms with van der Waals surface area (Å²) >= 11 is 1.49. The predicted molar refractivity (Wildman–Crippen MR) is 99.3 cm³/mol. The van der Waals surface area contributed by atoms with Gasteiger partial charge in [-0.1, -0.05) is 6.92 Å². The maximum atomic E-state index is 12.0. The van der Waals surface area contributed by atoms with E-state index in [1.165, 1.54) is 11.3 Å². The highest BCUT2D eigenvalue weighted by Gasteiger charge is 2.29. The van der Waals surface area contributed by atoms with Gasteiger partial charge in [0.25, 0.3) is 0 Å². The van der Waals surface area contributed by atoms with Crippen LogP contribution in [-0.4, -0.2) is 36.3 Å². The van der Waals surface area contributed by atoms with Crippen molar-refractivity contribution in [2.75, 3.05) is 11.6 Å². The molecule has 0 saturated carbocycles. The highest BCUT2D eigenvalue weighted by Crippen LogP contribution is 2.23. The van der Waals surface area contributed by atoms with Gasteiger partial charge < -0.3 is 5.32 Å². The van der Waals surface area contributed by atoms with Gasteiger partial charge in [0.05, 0.1) is 27.3 Å². The Hall–Kier alpha value is -1.98. The number of nitrogens with zero attached hydrogens (tertiary/aromatic N) is 3. The molecule has 24 heavy (non-hydrogen) atoms. The molecule has 1 N–H and O–H groups in total. The lowest BCUT2D eigenvalue weighted by Crippen LogP contribution is -2.36. The third kappa shape index (κ3) is 4.30. The minimum atomic E-state index is -3.61. The van der Waals surface area contributed by atoms with Crippen LogP contribution in [0, 0.1) is 11.3 Å². The van der Waals surface area contributed by atoms with Gasteiger partial charge in [0.1, 0.15) is 5.84 Å². The second kappa shape index (κ2) is 6.87. The van der Waals surface area contributed by atoms with E-state index in [0.29, 0.717) is 12.1 Å². The summed E-state index contributed by atoms with van der Waals surface area (Å²) in [6, 6.07) is 7.37. The number of aromatic nitrogens is 1. The fraction of sp³-hybridized carbons (Fsp3) is 0.438. The molecule has 0 aliphatic rings. The number of aliphatic imine (C=N–C) groups is 1. The summed E-state index contributed by atoms with van der Waals surface area (Å²) in [4.78, 5) is 8.73. The average molecular weight is 364 g/mol. The molecule has 0 saturated heterocycles. The van der Waals surface area contributed by atoms with E-state index in [1.807, 2.05) is 39.0 Å². The number of hydrogen-bond donors (Lipinski definition) is 1. The van der Waals surface area contributed by atoms with E-state index in [0.717, 1.165) is 16.5 Å².